The molecule has 2 rings (SSSR count). The van der Waals surface area contributed by atoms with E-state index in [2.05, 4.69) is 5.32 Å². The van der Waals surface area contributed by atoms with Gasteiger partial charge in [-0.15, -0.1) is 0 Å². The predicted molar refractivity (Wildman–Crippen MR) is 100 cm³/mol. The van der Waals surface area contributed by atoms with Crippen molar-refractivity contribution in [3.63, 3.8) is 0 Å². The molecule has 146 valence electrons. The lowest BCUT2D eigenvalue weighted by atomic mass is 10.1. The predicted octanol–water partition coefficient (Wildman–Crippen LogP) is 2.54. The molecule has 0 spiro atoms. The van der Waals surface area contributed by atoms with Gasteiger partial charge < -0.3 is 29.4 Å². The largest absolute Gasteiger partial charge is 0.497 e. The summed E-state index contributed by atoms with van der Waals surface area (Å²) in [5.41, 5.74) is 1.73. The fourth-order valence-corrected chi connectivity index (χ4v) is 2.53. The molecule has 7 heteroatoms. The Labute approximate surface area is 158 Å². The summed E-state index contributed by atoms with van der Waals surface area (Å²) >= 11 is 0. The van der Waals surface area contributed by atoms with Gasteiger partial charge in [-0.25, -0.2) is 4.79 Å². The van der Waals surface area contributed by atoms with Crippen LogP contribution in [0, 0.1) is 0 Å². The van der Waals surface area contributed by atoms with E-state index < -0.39 is 12.1 Å². The summed E-state index contributed by atoms with van der Waals surface area (Å²) in [6.07, 6.45) is -0.122. The van der Waals surface area contributed by atoms with Crippen molar-refractivity contribution in [2.45, 2.75) is 19.1 Å². The van der Waals surface area contributed by atoms with Crippen molar-refractivity contribution in [2.24, 2.45) is 0 Å². The Balaban J connectivity index is 1.87. The smallest absolute Gasteiger partial charge is 0.407 e. The molecule has 2 N–H and O–H groups in total. The summed E-state index contributed by atoms with van der Waals surface area (Å²) in [7, 11) is 4.70. The number of ether oxygens (including phenoxy) is 4. The molecule has 2 aromatic carbocycles. The van der Waals surface area contributed by atoms with Crippen LogP contribution < -0.4 is 19.5 Å². The molecule has 0 aliphatic rings. The molecule has 0 heterocycles. The Morgan fingerprint density at radius 3 is 2.22 bits per heavy atom. The second kappa shape index (κ2) is 10.3. The number of benzene rings is 2. The molecule has 7 nitrogen and oxygen atoms in total. The topological polar surface area (TPSA) is 86.3 Å². The quantitative estimate of drug-likeness (QED) is 0.701. The summed E-state index contributed by atoms with van der Waals surface area (Å²) < 4.78 is 20.7. The highest BCUT2D eigenvalue weighted by atomic mass is 16.5. The fourth-order valence-electron chi connectivity index (χ4n) is 2.53. The molecule has 0 aliphatic carbocycles. The van der Waals surface area contributed by atoms with Crippen molar-refractivity contribution in [3.8, 4) is 17.2 Å². The highest BCUT2D eigenvalue weighted by Crippen LogP contribution is 2.27. The van der Waals surface area contributed by atoms with Crippen LogP contribution in [0.4, 0.5) is 4.79 Å². The van der Waals surface area contributed by atoms with Crippen molar-refractivity contribution in [3.05, 3.63) is 53.6 Å². The molecular formula is C20H25NO6. The summed E-state index contributed by atoms with van der Waals surface area (Å²) in [5, 5.41) is 12.2. The van der Waals surface area contributed by atoms with Crippen LogP contribution >= 0.6 is 0 Å². The summed E-state index contributed by atoms with van der Waals surface area (Å²) in [4.78, 5) is 12.0. The molecular weight excluding hydrogens is 350 g/mol. The molecule has 0 aliphatic heterocycles. The number of carbonyl (C=O) groups is 1. The van der Waals surface area contributed by atoms with E-state index in [1.54, 1.807) is 39.5 Å². The number of carbonyl (C=O) groups excluding carboxylic acids is 1. The molecule has 0 bridgehead atoms. The minimum absolute atomic E-state index is 0.0763. The molecule has 0 unspecified atom stereocenters. The monoisotopic (exact) mass is 375 g/mol. The van der Waals surface area contributed by atoms with E-state index in [0.29, 0.717) is 17.9 Å². The minimum atomic E-state index is -0.600. The maximum absolute atomic E-state index is 12.0. The Hall–Kier alpha value is -2.93. The molecule has 2 aromatic rings. The van der Waals surface area contributed by atoms with Gasteiger partial charge in [0.1, 0.15) is 12.4 Å². The molecule has 1 amide bonds. The van der Waals surface area contributed by atoms with Gasteiger partial charge in [0.05, 0.1) is 34.0 Å². The first kappa shape index (κ1) is 20.4. The zero-order valence-corrected chi connectivity index (χ0v) is 15.7. The number of methoxy groups -OCH3 is 3. The van der Waals surface area contributed by atoms with Gasteiger partial charge in [-0.2, -0.15) is 0 Å². The molecule has 27 heavy (non-hydrogen) atoms. The van der Waals surface area contributed by atoms with Crippen LogP contribution in [-0.4, -0.2) is 45.2 Å². The van der Waals surface area contributed by atoms with E-state index in [4.69, 9.17) is 18.9 Å². The maximum atomic E-state index is 12.0. The van der Waals surface area contributed by atoms with E-state index in [1.807, 2.05) is 24.3 Å². The van der Waals surface area contributed by atoms with Crippen LogP contribution in [-0.2, 0) is 17.8 Å². The van der Waals surface area contributed by atoms with E-state index in [-0.39, 0.29) is 13.2 Å². The maximum Gasteiger partial charge on any atom is 0.407 e. The number of hydrogen-bond donors (Lipinski definition) is 2. The Kier molecular flexibility index (Phi) is 7.76. The highest BCUT2D eigenvalue weighted by Gasteiger charge is 2.14. The van der Waals surface area contributed by atoms with Crippen LogP contribution in [0.3, 0.4) is 0 Å². The number of alkyl carbamates (subject to hydrolysis) is 1. The third-order valence-corrected chi connectivity index (χ3v) is 4.00. The van der Waals surface area contributed by atoms with E-state index in [9.17, 15) is 9.90 Å². The Bertz CT molecular complexity index is 732. The third kappa shape index (κ3) is 6.07. The van der Waals surface area contributed by atoms with Crippen molar-refractivity contribution >= 4 is 6.09 Å². The molecule has 1 atom stereocenters. The van der Waals surface area contributed by atoms with E-state index >= 15 is 0 Å². The van der Waals surface area contributed by atoms with Crippen molar-refractivity contribution in [2.75, 3.05) is 27.9 Å². The summed E-state index contributed by atoms with van der Waals surface area (Å²) in [5.74, 6) is 1.92. The number of rotatable bonds is 9. The van der Waals surface area contributed by atoms with E-state index in [1.165, 1.54) is 0 Å². The van der Waals surface area contributed by atoms with Gasteiger partial charge in [0, 0.05) is 0 Å². The van der Waals surface area contributed by atoms with Crippen LogP contribution in [0.15, 0.2) is 42.5 Å². The molecule has 0 saturated heterocycles. The van der Waals surface area contributed by atoms with Gasteiger partial charge in [0.2, 0.25) is 0 Å². The second-order valence-corrected chi connectivity index (χ2v) is 5.84. The third-order valence-electron chi connectivity index (χ3n) is 4.00. The first-order valence-electron chi connectivity index (χ1n) is 8.47. The average Bonchev–Trinajstić information content (AvgIpc) is 2.71. The number of amides is 1. The standard InChI is InChI=1S/C20H25NO6/c1-24-17-7-4-14(5-8-17)10-16(12-22)21-20(23)27-13-15-6-9-18(25-2)19(11-15)26-3/h4-9,11,16,22H,10,12-13H2,1-3H3,(H,21,23)/t16-/m0/s1. The van der Waals surface area contributed by atoms with Crippen molar-refractivity contribution in [1.29, 1.82) is 0 Å². The van der Waals surface area contributed by atoms with Gasteiger partial charge in [-0.05, 0) is 41.8 Å². The zero-order chi connectivity index (χ0) is 19.6. The Morgan fingerprint density at radius 1 is 0.963 bits per heavy atom. The van der Waals surface area contributed by atoms with E-state index in [0.717, 1.165) is 16.9 Å². The Morgan fingerprint density at radius 2 is 1.63 bits per heavy atom. The van der Waals surface area contributed by atoms with Gasteiger partial charge in [-0.1, -0.05) is 18.2 Å². The number of hydrogen-bond acceptors (Lipinski definition) is 6. The highest BCUT2D eigenvalue weighted by molar-refractivity contribution is 5.67. The SMILES string of the molecule is COc1ccc(C[C@@H](CO)NC(=O)OCc2ccc(OC)c(OC)c2)cc1. The van der Waals surface area contributed by atoms with Crippen LogP contribution in [0.5, 0.6) is 17.2 Å². The average molecular weight is 375 g/mol. The lowest BCUT2D eigenvalue weighted by Gasteiger charge is -2.17. The zero-order valence-electron chi connectivity index (χ0n) is 15.7. The summed E-state index contributed by atoms with van der Waals surface area (Å²) in [6, 6.07) is 12.3. The van der Waals surface area contributed by atoms with Crippen LogP contribution in [0.2, 0.25) is 0 Å². The summed E-state index contributed by atoms with van der Waals surface area (Å²) in [6.45, 7) is -0.121. The first-order valence-corrected chi connectivity index (χ1v) is 8.47. The normalized spacial score (nSPS) is 11.4. The van der Waals surface area contributed by atoms with Crippen molar-refractivity contribution in [1.82, 2.24) is 5.32 Å². The number of aliphatic hydroxyl groups is 1. The molecule has 0 aromatic heterocycles. The molecule has 0 saturated carbocycles. The van der Waals surface area contributed by atoms with Crippen LogP contribution in [0.25, 0.3) is 0 Å². The first-order chi connectivity index (χ1) is 13.1. The van der Waals surface area contributed by atoms with Gasteiger partial charge in [0.25, 0.3) is 0 Å². The molecule has 0 radical (unpaired) electrons. The fraction of sp³-hybridized carbons (Fsp3) is 0.350. The van der Waals surface area contributed by atoms with Gasteiger partial charge in [-0.3, -0.25) is 0 Å². The van der Waals surface area contributed by atoms with Gasteiger partial charge in [0.15, 0.2) is 11.5 Å². The number of aliphatic hydroxyl groups excluding tert-OH is 1. The van der Waals surface area contributed by atoms with Crippen LogP contribution in [0.1, 0.15) is 11.1 Å². The lowest BCUT2D eigenvalue weighted by Crippen LogP contribution is -2.39. The molecule has 0 fully saturated rings. The lowest BCUT2D eigenvalue weighted by molar-refractivity contribution is 0.129. The van der Waals surface area contributed by atoms with Gasteiger partial charge >= 0.3 is 6.09 Å². The minimum Gasteiger partial charge on any atom is -0.497 e. The second-order valence-electron chi connectivity index (χ2n) is 5.84. The van der Waals surface area contributed by atoms with Crippen molar-refractivity contribution < 1.29 is 28.8 Å². The number of nitrogens with one attached hydrogen (secondary N) is 1.